The van der Waals surface area contributed by atoms with Gasteiger partial charge in [0, 0.05) is 21.3 Å². The van der Waals surface area contributed by atoms with E-state index in [0.717, 1.165) is 12.7 Å². The number of hydrogen-bond acceptors (Lipinski definition) is 6. The molecule has 10 heteroatoms. The molecule has 1 amide bonds. The second-order valence-electron chi connectivity index (χ2n) is 5.30. The molecule has 0 atom stereocenters. The molecule has 1 aliphatic heterocycles. The van der Waals surface area contributed by atoms with Crippen molar-refractivity contribution in [1.29, 1.82) is 0 Å². The molecular weight excluding hydrogens is 614 g/mol. The number of hydrogen-bond donors (Lipinski definition) is 0. The predicted molar refractivity (Wildman–Crippen MR) is 127 cm³/mol. The molecule has 0 bridgehead atoms. The maximum absolute atomic E-state index is 12.9. The Hall–Kier alpha value is -1.25. The van der Waals surface area contributed by atoms with Gasteiger partial charge in [-0.2, -0.15) is 0 Å². The van der Waals surface area contributed by atoms with Gasteiger partial charge in [0.2, 0.25) is 0 Å². The van der Waals surface area contributed by atoms with Crippen LogP contribution in [0.25, 0.3) is 6.08 Å². The molecule has 0 radical (unpaired) electrons. The SMILES string of the molecule is COc1c(I)cc(I)cc1C=C1SC(=S)N(c2ccc([N+](=O)[O-])cc2)C1=O. The third kappa shape index (κ3) is 4.27. The van der Waals surface area contributed by atoms with Crippen molar-refractivity contribution < 1.29 is 14.5 Å². The summed E-state index contributed by atoms with van der Waals surface area (Å²) >= 11 is 10.9. The standard InChI is InChI=1S/C17H10I2N2O4S2/c1-25-15-9(6-10(18)8-13(15)19)7-14-16(22)20(17(26)27-14)11-2-4-12(5-3-11)21(23)24/h2-8H,1H3. The molecule has 0 unspecified atom stereocenters. The van der Waals surface area contributed by atoms with Crippen LogP contribution in [0, 0.1) is 17.3 Å². The number of non-ortho nitro benzene ring substituents is 1. The van der Waals surface area contributed by atoms with Crippen LogP contribution in [0.1, 0.15) is 5.56 Å². The lowest BCUT2D eigenvalue weighted by Crippen LogP contribution is -2.27. The highest BCUT2D eigenvalue weighted by Gasteiger charge is 2.33. The number of ether oxygens (including phenoxy) is 1. The number of halogens is 2. The summed E-state index contributed by atoms with van der Waals surface area (Å²) in [5, 5.41) is 10.8. The van der Waals surface area contributed by atoms with Crippen LogP contribution in [0.2, 0.25) is 0 Å². The average molecular weight is 624 g/mol. The highest BCUT2D eigenvalue weighted by Crippen LogP contribution is 2.38. The molecule has 1 aliphatic rings. The molecule has 2 aromatic rings. The molecule has 1 heterocycles. The smallest absolute Gasteiger partial charge is 0.270 e. The van der Waals surface area contributed by atoms with Crippen LogP contribution in [-0.4, -0.2) is 22.3 Å². The summed E-state index contributed by atoms with van der Waals surface area (Å²) in [4.78, 5) is 25.0. The van der Waals surface area contributed by atoms with Gasteiger partial charge in [0.25, 0.3) is 11.6 Å². The van der Waals surface area contributed by atoms with E-state index in [0.29, 0.717) is 20.7 Å². The number of nitro benzene ring substituents is 1. The highest BCUT2D eigenvalue weighted by molar-refractivity contribution is 14.1. The van der Waals surface area contributed by atoms with Gasteiger partial charge in [-0.15, -0.1) is 0 Å². The maximum Gasteiger partial charge on any atom is 0.270 e. The number of carbonyl (C=O) groups excluding carboxylic acids is 1. The Morgan fingerprint density at radius 3 is 2.52 bits per heavy atom. The molecular formula is C17H10I2N2O4S2. The van der Waals surface area contributed by atoms with E-state index in [1.807, 2.05) is 12.1 Å². The zero-order valence-corrected chi connectivity index (χ0v) is 19.6. The Bertz CT molecular complexity index is 993. The van der Waals surface area contributed by atoms with Crippen LogP contribution in [0.5, 0.6) is 5.75 Å². The number of carbonyl (C=O) groups is 1. The fourth-order valence-corrected chi connectivity index (χ4v) is 5.86. The Labute approximate surface area is 191 Å². The Morgan fingerprint density at radius 2 is 1.93 bits per heavy atom. The van der Waals surface area contributed by atoms with Crippen LogP contribution in [0.4, 0.5) is 11.4 Å². The number of anilines is 1. The second-order valence-corrected chi connectivity index (χ2v) is 9.38. The Balaban J connectivity index is 1.97. The van der Waals surface area contributed by atoms with Gasteiger partial charge in [0.05, 0.1) is 26.2 Å². The summed E-state index contributed by atoms with van der Waals surface area (Å²) in [6.45, 7) is 0. The summed E-state index contributed by atoms with van der Waals surface area (Å²) in [6, 6.07) is 9.64. The van der Waals surface area contributed by atoms with E-state index in [1.165, 1.54) is 40.9 Å². The fourth-order valence-electron chi connectivity index (χ4n) is 2.46. The first-order valence-electron chi connectivity index (χ1n) is 7.37. The molecule has 0 spiro atoms. The van der Waals surface area contributed by atoms with Crippen LogP contribution < -0.4 is 9.64 Å². The highest BCUT2D eigenvalue weighted by atomic mass is 127. The van der Waals surface area contributed by atoms with Crippen molar-refractivity contribution in [2.24, 2.45) is 0 Å². The van der Waals surface area contributed by atoms with Crippen molar-refractivity contribution in [3.8, 4) is 5.75 Å². The molecule has 0 N–H and O–H groups in total. The fraction of sp³-hybridized carbons (Fsp3) is 0.0588. The van der Waals surface area contributed by atoms with E-state index < -0.39 is 4.92 Å². The number of amides is 1. The molecule has 3 rings (SSSR count). The zero-order valence-electron chi connectivity index (χ0n) is 13.6. The first-order valence-corrected chi connectivity index (χ1v) is 10.8. The van der Waals surface area contributed by atoms with Gasteiger partial charge in [-0.1, -0.05) is 24.0 Å². The maximum atomic E-state index is 12.9. The summed E-state index contributed by atoms with van der Waals surface area (Å²) in [5.74, 6) is 0.423. The quantitative estimate of drug-likeness (QED) is 0.153. The van der Waals surface area contributed by atoms with Crippen molar-refractivity contribution in [2.45, 2.75) is 0 Å². The largest absolute Gasteiger partial charge is 0.495 e. The van der Waals surface area contributed by atoms with Crippen LogP contribution in [0.15, 0.2) is 41.3 Å². The third-order valence-corrected chi connectivity index (χ3v) is 6.37. The summed E-state index contributed by atoms with van der Waals surface area (Å²) in [7, 11) is 1.59. The van der Waals surface area contributed by atoms with Crippen LogP contribution >= 0.6 is 69.2 Å². The van der Waals surface area contributed by atoms with Gasteiger partial charge in [-0.25, -0.2) is 0 Å². The van der Waals surface area contributed by atoms with Crippen LogP contribution in [0.3, 0.4) is 0 Å². The number of nitro groups is 1. The zero-order chi connectivity index (χ0) is 19.7. The van der Waals surface area contributed by atoms with Crippen molar-refractivity contribution in [3.05, 3.63) is 64.1 Å². The number of thiocarbonyl (C=S) groups is 1. The third-order valence-electron chi connectivity index (χ3n) is 3.64. The molecule has 0 aliphatic carbocycles. The molecule has 27 heavy (non-hydrogen) atoms. The summed E-state index contributed by atoms with van der Waals surface area (Å²) in [6.07, 6.45) is 1.76. The van der Waals surface area contributed by atoms with Gasteiger partial charge in [0.1, 0.15) is 5.75 Å². The molecule has 1 saturated heterocycles. The van der Waals surface area contributed by atoms with Crippen molar-refractivity contribution in [1.82, 2.24) is 0 Å². The van der Waals surface area contributed by atoms with E-state index >= 15 is 0 Å². The monoisotopic (exact) mass is 624 g/mol. The topological polar surface area (TPSA) is 72.7 Å². The lowest BCUT2D eigenvalue weighted by atomic mass is 10.2. The molecule has 0 aromatic heterocycles. The van der Waals surface area contributed by atoms with Gasteiger partial charge < -0.3 is 4.74 Å². The van der Waals surface area contributed by atoms with E-state index in [4.69, 9.17) is 17.0 Å². The van der Waals surface area contributed by atoms with Crippen molar-refractivity contribution >= 4 is 96.8 Å². The number of benzene rings is 2. The van der Waals surface area contributed by atoms with Crippen LogP contribution in [-0.2, 0) is 4.79 Å². The predicted octanol–water partition coefficient (Wildman–Crippen LogP) is 5.22. The van der Waals surface area contributed by atoms with Crippen molar-refractivity contribution in [2.75, 3.05) is 12.0 Å². The van der Waals surface area contributed by atoms with Gasteiger partial charge >= 0.3 is 0 Å². The van der Waals surface area contributed by atoms with E-state index in [-0.39, 0.29) is 11.6 Å². The minimum absolute atomic E-state index is 0.0436. The second kappa shape index (κ2) is 8.41. The van der Waals surface area contributed by atoms with Gasteiger partial charge in [-0.3, -0.25) is 19.8 Å². The minimum Gasteiger partial charge on any atom is -0.495 e. The summed E-state index contributed by atoms with van der Waals surface area (Å²) in [5.41, 5.74) is 1.24. The summed E-state index contributed by atoms with van der Waals surface area (Å²) < 4.78 is 7.81. The minimum atomic E-state index is -0.487. The molecule has 6 nitrogen and oxygen atoms in total. The average Bonchev–Trinajstić information content (AvgIpc) is 2.88. The number of thioether (sulfide) groups is 1. The first-order chi connectivity index (χ1) is 12.8. The molecule has 138 valence electrons. The molecule has 2 aromatic carbocycles. The Kier molecular flexibility index (Phi) is 6.38. The van der Waals surface area contributed by atoms with Gasteiger partial charge in [-0.05, 0) is 75.5 Å². The molecule has 0 saturated carbocycles. The lowest BCUT2D eigenvalue weighted by Gasteiger charge is -2.14. The van der Waals surface area contributed by atoms with E-state index in [1.54, 1.807) is 13.2 Å². The normalized spacial score (nSPS) is 15.5. The number of methoxy groups -OCH3 is 1. The van der Waals surface area contributed by atoms with Gasteiger partial charge in [0.15, 0.2) is 4.32 Å². The lowest BCUT2D eigenvalue weighted by molar-refractivity contribution is -0.384. The first kappa shape index (κ1) is 20.5. The van der Waals surface area contributed by atoms with Crippen molar-refractivity contribution in [3.63, 3.8) is 0 Å². The Morgan fingerprint density at radius 1 is 1.26 bits per heavy atom. The van der Waals surface area contributed by atoms with E-state index in [9.17, 15) is 14.9 Å². The number of nitrogens with zero attached hydrogens (tertiary/aromatic N) is 2. The van der Waals surface area contributed by atoms with E-state index in [2.05, 4.69) is 45.2 Å². The number of rotatable bonds is 4. The molecule has 1 fully saturated rings.